The van der Waals surface area contributed by atoms with Crippen LogP contribution in [0.25, 0.3) is 0 Å². The summed E-state index contributed by atoms with van der Waals surface area (Å²) in [4.78, 5) is 2.17. The van der Waals surface area contributed by atoms with E-state index in [4.69, 9.17) is 0 Å². The topological polar surface area (TPSA) is 61.4 Å². The fraction of sp³-hybridized carbons (Fsp3) is 0.538. The first-order valence-electron chi connectivity index (χ1n) is 6.73. The van der Waals surface area contributed by atoms with Crippen molar-refractivity contribution in [3.63, 3.8) is 0 Å². The molecule has 0 atom stereocenters. The van der Waals surface area contributed by atoms with E-state index in [0.717, 1.165) is 24.8 Å². The Labute approximate surface area is 119 Å². The van der Waals surface area contributed by atoms with E-state index in [0.29, 0.717) is 19.6 Å². The molecular formula is C13H20FN3O2S. The third-order valence-corrected chi connectivity index (χ3v) is 4.66. The van der Waals surface area contributed by atoms with Crippen molar-refractivity contribution in [2.45, 2.75) is 30.7 Å². The minimum absolute atomic E-state index is 0.296. The summed E-state index contributed by atoms with van der Waals surface area (Å²) in [5.74, 6) is -0.727. The third-order valence-electron chi connectivity index (χ3n) is 3.27. The van der Waals surface area contributed by atoms with Gasteiger partial charge in [0.15, 0.2) is 0 Å². The van der Waals surface area contributed by atoms with Crippen LogP contribution >= 0.6 is 0 Å². The smallest absolute Gasteiger partial charge is 0.256 e. The molecule has 0 amide bonds. The Morgan fingerprint density at radius 3 is 2.60 bits per heavy atom. The van der Waals surface area contributed by atoms with Crippen LogP contribution in [0.1, 0.15) is 24.8 Å². The summed E-state index contributed by atoms with van der Waals surface area (Å²) in [6, 6.07) is 4.14. The average molecular weight is 301 g/mol. The van der Waals surface area contributed by atoms with Crippen LogP contribution in [0.15, 0.2) is 23.1 Å². The molecule has 1 aliphatic heterocycles. The lowest BCUT2D eigenvalue weighted by Crippen LogP contribution is -2.45. The molecule has 0 spiro atoms. The van der Waals surface area contributed by atoms with E-state index in [1.165, 1.54) is 12.1 Å². The quantitative estimate of drug-likeness (QED) is 0.858. The number of hydrogen-bond acceptors (Lipinski definition) is 4. The first-order chi connectivity index (χ1) is 9.53. The Balaban J connectivity index is 2.21. The lowest BCUT2D eigenvalue weighted by Gasteiger charge is -2.26. The molecule has 2 rings (SSSR count). The molecule has 5 nitrogen and oxygen atoms in total. The highest BCUT2D eigenvalue weighted by molar-refractivity contribution is 7.89. The van der Waals surface area contributed by atoms with E-state index in [1.807, 2.05) is 0 Å². The molecule has 20 heavy (non-hydrogen) atoms. The standard InChI is InChI=1S/C13H20FN3O2S/c1-15-10-11-5-6-12(14)13(9-11)20(18,19)16-17-7-3-2-4-8-17/h5-6,9,15-16H,2-4,7-8,10H2,1H3. The van der Waals surface area contributed by atoms with Crippen LogP contribution in [0.5, 0.6) is 0 Å². The third kappa shape index (κ3) is 3.76. The molecule has 2 N–H and O–H groups in total. The molecule has 1 aromatic carbocycles. The molecule has 112 valence electrons. The number of piperidine rings is 1. The van der Waals surface area contributed by atoms with Crippen LogP contribution < -0.4 is 10.1 Å². The normalized spacial score (nSPS) is 17.3. The van der Waals surface area contributed by atoms with Gasteiger partial charge in [-0.15, -0.1) is 4.83 Å². The summed E-state index contributed by atoms with van der Waals surface area (Å²) in [5.41, 5.74) is 0.730. The van der Waals surface area contributed by atoms with Gasteiger partial charge in [-0.05, 0) is 37.6 Å². The van der Waals surface area contributed by atoms with Crippen molar-refractivity contribution < 1.29 is 12.8 Å². The number of hydrogen-bond donors (Lipinski definition) is 2. The van der Waals surface area contributed by atoms with Crippen LogP contribution in [0.4, 0.5) is 4.39 Å². The molecule has 0 saturated carbocycles. The second-order valence-corrected chi connectivity index (χ2v) is 6.57. The maximum Gasteiger partial charge on any atom is 0.256 e. The van der Waals surface area contributed by atoms with Gasteiger partial charge in [-0.2, -0.15) is 0 Å². The number of nitrogens with zero attached hydrogens (tertiary/aromatic N) is 1. The van der Waals surface area contributed by atoms with Gasteiger partial charge in [-0.1, -0.05) is 12.5 Å². The van der Waals surface area contributed by atoms with Gasteiger partial charge in [-0.3, -0.25) is 0 Å². The molecule has 0 bridgehead atoms. The molecule has 1 aromatic rings. The first kappa shape index (κ1) is 15.4. The van der Waals surface area contributed by atoms with E-state index >= 15 is 0 Å². The summed E-state index contributed by atoms with van der Waals surface area (Å²) in [7, 11) is -2.10. The number of benzene rings is 1. The number of nitrogens with one attached hydrogen (secondary N) is 2. The zero-order valence-corrected chi connectivity index (χ0v) is 12.3. The minimum Gasteiger partial charge on any atom is -0.316 e. The zero-order chi connectivity index (χ0) is 14.6. The van der Waals surface area contributed by atoms with Gasteiger partial charge in [0.05, 0.1) is 0 Å². The van der Waals surface area contributed by atoms with Crippen molar-refractivity contribution >= 4 is 10.0 Å². The van der Waals surface area contributed by atoms with Gasteiger partial charge in [0.1, 0.15) is 10.7 Å². The molecule has 1 aliphatic rings. The highest BCUT2D eigenvalue weighted by atomic mass is 32.2. The lowest BCUT2D eigenvalue weighted by atomic mass is 10.2. The van der Waals surface area contributed by atoms with E-state index in [-0.39, 0.29) is 4.90 Å². The summed E-state index contributed by atoms with van der Waals surface area (Å²) in [6.45, 7) is 1.82. The molecular weight excluding hydrogens is 281 g/mol. The van der Waals surface area contributed by atoms with Crippen LogP contribution in [-0.2, 0) is 16.6 Å². The van der Waals surface area contributed by atoms with Gasteiger partial charge in [0, 0.05) is 19.6 Å². The minimum atomic E-state index is -3.86. The largest absolute Gasteiger partial charge is 0.316 e. The zero-order valence-electron chi connectivity index (χ0n) is 11.5. The molecule has 0 aliphatic carbocycles. The monoisotopic (exact) mass is 301 g/mol. The molecule has 1 fully saturated rings. The Kier molecular flexibility index (Phi) is 5.09. The van der Waals surface area contributed by atoms with Gasteiger partial charge < -0.3 is 5.32 Å². The van der Waals surface area contributed by atoms with Crippen molar-refractivity contribution in [3.05, 3.63) is 29.6 Å². The van der Waals surface area contributed by atoms with Gasteiger partial charge >= 0.3 is 0 Å². The van der Waals surface area contributed by atoms with E-state index in [1.54, 1.807) is 18.1 Å². The maximum atomic E-state index is 13.8. The first-order valence-corrected chi connectivity index (χ1v) is 8.21. The summed E-state index contributed by atoms with van der Waals surface area (Å²) in [5, 5.41) is 4.56. The SMILES string of the molecule is CNCc1ccc(F)c(S(=O)(=O)NN2CCCCC2)c1. The Morgan fingerprint density at radius 2 is 1.95 bits per heavy atom. The predicted molar refractivity (Wildman–Crippen MR) is 74.9 cm³/mol. The fourth-order valence-corrected chi connectivity index (χ4v) is 3.52. The highest BCUT2D eigenvalue weighted by Crippen LogP contribution is 2.17. The highest BCUT2D eigenvalue weighted by Gasteiger charge is 2.23. The average Bonchev–Trinajstić information content (AvgIpc) is 2.42. The second kappa shape index (κ2) is 6.62. The van der Waals surface area contributed by atoms with Crippen molar-refractivity contribution in [3.8, 4) is 0 Å². The number of rotatable bonds is 5. The second-order valence-electron chi connectivity index (χ2n) is 4.94. The van der Waals surface area contributed by atoms with Crippen molar-refractivity contribution in [1.82, 2.24) is 15.2 Å². The van der Waals surface area contributed by atoms with Crippen molar-refractivity contribution in [1.29, 1.82) is 0 Å². The van der Waals surface area contributed by atoms with E-state index in [2.05, 4.69) is 10.1 Å². The number of hydrazine groups is 1. The van der Waals surface area contributed by atoms with Gasteiger partial charge in [-0.25, -0.2) is 17.8 Å². The van der Waals surface area contributed by atoms with E-state index < -0.39 is 15.8 Å². The number of halogens is 1. The maximum absolute atomic E-state index is 13.8. The Bertz CT molecular complexity index is 557. The van der Waals surface area contributed by atoms with Crippen LogP contribution in [0.3, 0.4) is 0 Å². The van der Waals surface area contributed by atoms with E-state index in [9.17, 15) is 12.8 Å². The molecule has 1 saturated heterocycles. The summed E-state index contributed by atoms with van der Waals surface area (Å²) in [6.07, 6.45) is 3.00. The van der Waals surface area contributed by atoms with Gasteiger partial charge in [0.25, 0.3) is 10.0 Å². The molecule has 7 heteroatoms. The molecule has 0 radical (unpaired) electrons. The van der Waals surface area contributed by atoms with Crippen LogP contribution in [0.2, 0.25) is 0 Å². The summed E-state index contributed by atoms with van der Waals surface area (Å²) < 4.78 is 38.3. The molecule has 0 unspecified atom stereocenters. The van der Waals surface area contributed by atoms with Crippen molar-refractivity contribution in [2.24, 2.45) is 0 Å². The van der Waals surface area contributed by atoms with Crippen LogP contribution in [0, 0.1) is 5.82 Å². The van der Waals surface area contributed by atoms with Crippen LogP contribution in [-0.4, -0.2) is 33.6 Å². The Hall–Kier alpha value is -1.02. The molecule has 1 heterocycles. The lowest BCUT2D eigenvalue weighted by molar-refractivity contribution is 0.199. The fourth-order valence-electron chi connectivity index (χ4n) is 2.27. The number of sulfonamides is 1. The Morgan fingerprint density at radius 1 is 1.25 bits per heavy atom. The van der Waals surface area contributed by atoms with Gasteiger partial charge in [0.2, 0.25) is 0 Å². The summed E-state index contributed by atoms with van der Waals surface area (Å²) >= 11 is 0. The predicted octanol–water partition coefficient (Wildman–Crippen LogP) is 1.22. The van der Waals surface area contributed by atoms with Crippen molar-refractivity contribution in [2.75, 3.05) is 20.1 Å². The molecule has 0 aromatic heterocycles.